The molecule has 0 saturated carbocycles. The quantitative estimate of drug-likeness (QED) is 0.893. The summed E-state index contributed by atoms with van der Waals surface area (Å²) in [6.07, 6.45) is 2.21. The summed E-state index contributed by atoms with van der Waals surface area (Å²) in [5, 5.41) is 2.92. The molecule has 0 aliphatic carbocycles. The van der Waals surface area contributed by atoms with Gasteiger partial charge in [0.1, 0.15) is 5.75 Å². The summed E-state index contributed by atoms with van der Waals surface area (Å²) < 4.78 is 5.52. The number of ether oxygens (including phenoxy) is 1. The van der Waals surface area contributed by atoms with E-state index in [1.165, 1.54) is 0 Å². The Labute approximate surface area is 108 Å². The first-order chi connectivity index (χ1) is 8.70. The van der Waals surface area contributed by atoms with Gasteiger partial charge in [-0.15, -0.1) is 0 Å². The molecule has 1 N–H and O–H groups in total. The van der Waals surface area contributed by atoms with E-state index >= 15 is 0 Å². The van der Waals surface area contributed by atoms with E-state index in [9.17, 15) is 4.79 Å². The van der Waals surface area contributed by atoms with Crippen molar-refractivity contribution in [2.24, 2.45) is 0 Å². The molecule has 0 aromatic heterocycles. The average Bonchev–Trinajstić information content (AvgIpc) is 2.87. The number of carbonyl (C=O) groups excluding carboxylic acids is 1. The van der Waals surface area contributed by atoms with E-state index in [1.54, 1.807) is 0 Å². The molecule has 1 saturated heterocycles. The Morgan fingerprint density at radius 1 is 1.39 bits per heavy atom. The summed E-state index contributed by atoms with van der Waals surface area (Å²) in [4.78, 5) is 13.8. The second-order valence-electron chi connectivity index (χ2n) is 4.54. The molecule has 4 nitrogen and oxygen atoms in total. The monoisotopic (exact) mass is 248 g/mol. The van der Waals surface area contributed by atoms with Crippen LogP contribution in [0.2, 0.25) is 0 Å². The summed E-state index contributed by atoms with van der Waals surface area (Å²) in [6.45, 7) is 6.29. The summed E-state index contributed by atoms with van der Waals surface area (Å²) in [5.74, 6) is 0.830. The van der Waals surface area contributed by atoms with Gasteiger partial charge in [0.25, 0.3) is 0 Å². The number of urea groups is 1. The smallest absolute Gasteiger partial charge is 0.321 e. The van der Waals surface area contributed by atoms with Gasteiger partial charge in [-0.1, -0.05) is 6.07 Å². The third kappa shape index (κ3) is 2.94. The zero-order valence-electron chi connectivity index (χ0n) is 11.0. The summed E-state index contributed by atoms with van der Waals surface area (Å²) in [7, 11) is 0. The van der Waals surface area contributed by atoms with Gasteiger partial charge in [0.2, 0.25) is 0 Å². The first-order valence-electron chi connectivity index (χ1n) is 6.50. The summed E-state index contributed by atoms with van der Waals surface area (Å²) >= 11 is 0. The van der Waals surface area contributed by atoms with Gasteiger partial charge in [-0.3, -0.25) is 0 Å². The highest BCUT2D eigenvalue weighted by Gasteiger charge is 2.17. The second-order valence-corrected chi connectivity index (χ2v) is 4.54. The highest BCUT2D eigenvalue weighted by atomic mass is 16.5. The molecule has 0 radical (unpaired) electrons. The van der Waals surface area contributed by atoms with Gasteiger partial charge >= 0.3 is 6.03 Å². The van der Waals surface area contributed by atoms with E-state index in [1.807, 2.05) is 36.9 Å². The van der Waals surface area contributed by atoms with Crippen molar-refractivity contribution >= 4 is 11.7 Å². The molecule has 0 bridgehead atoms. The summed E-state index contributed by atoms with van der Waals surface area (Å²) in [5.41, 5.74) is 1.87. The highest BCUT2D eigenvalue weighted by molar-refractivity contribution is 5.89. The van der Waals surface area contributed by atoms with Crippen LogP contribution in [0.3, 0.4) is 0 Å². The number of amides is 2. The van der Waals surface area contributed by atoms with Crippen LogP contribution in [0.15, 0.2) is 18.2 Å². The van der Waals surface area contributed by atoms with Crippen molar-refractivity contribution in [3.8, 4) is 5.75 Å². The highest BCUT2D eigenvalue weighted by Crippen LogP contribution is 2.23. The normalized spacial score (nSPS) is 14.7. The third-order valence-electron chi connectivity index (χ3n) is 3.13. The van der Waals surface area contributed by atoms with E-state index in [0.717, 1.165) is 42.9 Å². The van der Waals surface area contributed by atoms with Gasteiger partial charge < -0.3 is 15.0 Å². The molecule has 18 heavy (non-hydrogen) atoms. The number of likely N-dealkylation sites (tertiary alicyclic amines) is 1. The van der Waals surface area contributed by atoms with Gasteiger partial charge in [-0.05, 0) is 38.3 Å². The molecule has 0 spiro atoms. The SMILES string of the molecule is CCOc1cc(NC(=O)N2CCCC2)ccc1C. The molecule has 1 aliphatic rings. The average molecular weight is 248 g/mol. The molecule has 0 unspecified atom stereocenters. The molecule has 0 atom stereocenters. The maximum absolute atomic E-state index is 11.9. The van der Waals surface area contributed by atoms with Crippen LogP contribution in [-0.2, 0) is 0 Å². The van der Waals surface area contributed by atoms with E-state index in [0.29, 0.717) is 6.61 Å². The lowest BCUT2D eigenvalue weighted by molar-refractivity contribution is 0.222. The minimum Gasteiger partial charge on any atom is -0.494 e. The molecule has 1 fully saturated rings. The van der Waals surface area contributed by atoms with Crippen molar-refractivity contribution in [1.29, 1.82) is 0 Å². The van der Waals surface area contributed by atoms with Gasteiger partial charge in [0, 0.05) is 24.8 Å². The zero-order chi connectivity index (χ0) is 13.0. The van der Waals surface area contributed by atoms with E-state index in [4.69, 9.17) is 4.74 Å². The Morgan fingerprint density at radius 3 is 2.78 bits per heavy atom. The molecule has 1 aromatic rings. The number of nitrogens with zero attached hydrogens (tertiary/aromatic N) is 1. The Morgan fingerprint density at radius 2 is 2.11 bits per heavy atom. The van der Waals surface area contributed by atoms with Crippen molar-refractivity contribution in [3.63, 3.8) is 0 Å². The number of anilines is 1. The van der Waals surface area contributed by atoms with Crippen molar-refractivity contribution in [2.75, 3.05) is 25.0 Å². The minimum absolute atomic E-state index is 0.0150. The lowest BCUT2D eigenvalue weighted by Crippen LogP contribution is -2.32. The van der Waals surface area contributed by atoms with E-state index in [2.05, 4.69) is 5.32 Å². The van der Waals surface area contributed by atoms with Crippen molar-refractivity contribution in [3.05, 3.63) is 23.8 Å². The molecule has 2 amide bonds. The van der Waals surface area contributed by atoms with Crippen LogP contribution in [-0.4, -0.2) is 30.6 Å². The molecule has 2 rings (SSSR count). The predicted molar refractivity (Wildman–Crippen MR) is 72.2 cm³/mol. The van der Waals surface area contributed by atoms with Crippen LogP contribution in [0.25, 0.3) is 0 Å². The Balaban J connectivity index is 2.04. The fourth-order valence-corrected chi connectivity index (χ4v) is 2.11. The largest absolute Gasteiger partial charge is 0.494 e. The third-order valence-corrected chi connectivity index (χ3v) is 3.13. The molecule has 1 heterocycles. The fourth-order valence-electron chi connectivity index (χ4n) is 2.11. The Kier molecular flexibility index (Phi) is 4.07. The summed E-state index contributed by atoms with van der Waals surface area (Å²) in [6, 6.07) is 5.74. The van der Waals surface area contributed by atoms with Crippen LogP contribution in [0.5, 0.6) is 5.75 Å². The van der Waals surface area contributed by atoms with Crippen molar-refractivity contribution in [1.82, 2.24) is 4.90 Å². The molecule has 98 valence electrons. The van der Waals surface area contributed by atoms with Crippen LogP contribution >= 0.6 is 0 Å². The van der Waals surface area contributed by atoms with Crippen LogP contribution in [0, 0.1) is 6.92 Å². The van der Waals surface area contributed by atoms with E-state index < -0.39 is 0 Å². The molecular weight excluding hydrogens is 228 g/mol. The van der Waals surface area contributed by atoms with Crippen molar-refractivity contribution < 1.29 is 9.53 Å². The number of aryl methyl sites for hydroxylation is 1. The molecule has 1 aliphatic heterocycles. The second kappa shape index (κ2) is 5.76. The van der Waals surface area contributed by atoms with Crippen molar-refractivity contribution in [2.45, 2.75) is 26.7 Å². The Bertz CT molecular complexity index is 426. The number of nitrogens with one attached hydrogen (secondary N) is 1. The number of hydrogen-bond acceptors (Lipinski definition) is 2. The number of benzene rings is 1. The zero-order valence-corrected chi connectivity index (χ0v) is 11.0. The van der Waals surface area contributed by atoms with Gasteiger partial charge in [-0.25, -0.2) is 4.79 Å². The topological polar surface area (TPSA) is 41.6 Å². The van der Waals surface area contributed by atoms with Crippen LogP contribution < -0.4 is 10.1 Å². The maximum Gasteiger partial charge on any atom is 0.321 e. The predicted octanol–water partition coefficient (Wildman–Crippen LogP) is 3.02. The standard InChI is InChI=1S/C14H20N2O2/c1-3-18-13-10-12(7-6-11(13)2)15-14(17)16-8-4-5-9-16/h6-7,10H,3-5,8-9H2,1-2H3,(H,15,17). The lowest BCUT2D eigenvalue weighted by atomic mass is 10.2. The Hall–Kier alpha value is -1.71. The first kappa shape index (κ1) is 12.7. The maximum atomic E-state index is 11.9. The van der Waals surface area contributed by atoms with Gasteiger partial charge in [0.05, 0.1) is 6.61 Å². The van der Waals surface area contributed by atoms with Gasteiger partial charge in [-0.2, -0.15) is 0 Å². The van der Waals surface area contributed by atoms with Gasteiger partial charge in [0.15, 0.2) is 0 Å². The number of rotatable bonds is 3. The molecular formula is C14H20N2O2. The van der Waals surface area contributed by atoms with Crippen LogP contribution in [0.1, 0.15) is 25.3 Å². The first-order valence-corrected chi connectivity index (χ1v) is 6.50. The molecule has 4 heteroatoms. The molecule has 1 aromatic carbocycles. The van der Waals surface area contributed by atoms with E-state index in [-0.39, 0.29) is 6.03 Å². The lowest BCUT2D eigenvalue weighted by Gasteiger charge is -2.17. The number of carbonyl (C=O) groups is 1. The number of hydrogen-bond donors (Lipinski definition) is 1. The van der Waals surface area contributed by atoms with Crippen LogP contribution in [0.4, 0.5) is 10.5 Å². The minimum atomic E-state index is -0.0150. The fraction of sp³-hybridized carbons (Fsp3) is 0.500.